The van der Waals surface area contributed by atoms with Gasteiger partial charge in [-0.1, -0.05) is 13.8 Å². The average molecular weight is 112 g/mol. The number of Topliss-reactive ketones (excluding diaryl/α,β-unsaturated/α-hetero) is 1. The number of hydrogen-bond donors (Lipinski definition) is 0. The van der Waals surface area contributed by atoms with Crippen molar-refractivity contribution in [2.24, 2.45) is 11.8 Å². The summed E-state index contributed by atoms with van der Waals surface area (Å²) in [6.45, 7) is 4.30. The van der Waals surface area contributed by atoms with Crippen LogP contribution < -0.4 is 0 Å². The first-order valence-corrected chi connectivity index (χ1v) is 3.22. The van der Waals surface area contributed by atoms with Gasteiger partial charge in [0, 0.05) is 12.8 Å². The molecule has 1 heteroatoms. The van der Waals surface area contributed by atoms with Gasteiger partial charge in [0.05, 0.1) is 0 Å². The van der Waals surface area contributed by atoms with E-state index in [0.717, 1.165) is 12.8 Å². The van der Waals surface area contributed by atoms with Crippen LogP contribution in [0.25, 0.3) is 0 Å². The third-order valence-electron chi connectivity index (χ3n) is 2.07. The highest BCUT2D eigenvalue weighted by Crippen LogP contribution is 2.27. The van der Waals surface area contributed by atoms with Crippen molar-refractivity contribution in [3.05, 3.63) is 0 Å². The van der Waals surface area contributed by atoms with E-state index in [4.69, 9.17) is 0 Å². The van der Waals surface area contributed by atoms with Gasteiger partial charge in [-0.2, -0.15) is 0 Å². The Hall–Kier alpha value is -0.330. The van der Waals surface area contributed by atoms with Gasteiger partial charge in [-0.15, -0.1) is 0 Å². The minimum Gasteiger partial charge on any atom is -0.300 e. The molecule has 46 valence electrons. The van der Waals surface area contributed by atoms with Crippen molar-refractivity contribution in [1.29, 1.82) is 0 Å². The molecule has 2 atom stereocenters. The molecule has 0 bridgehead atoms. The number of ketones is 1. The molecule has 1 aliphatic carbocycles. The molecule has 0 aromatic rings. The summed E-state index contributed by atoms with van der Waals surface area (Å²) in [6, 6.07) is 0. The van der Waals surface area contributed by atoms with E-state index in [9.17, 15) is 4.79 Å². The molecule has 0 amide bonds. The van der Waals surface area contributed by atoms with Crippen LogP contribution in [0.15, 0.2) is 0 Å². The van der Waals surface area contributed by atoms with E-state index in [1.165, 1.54) is 0 Å². The number of rotatable bonds is 0. The first-order chi connectivity index (χ1) is 3.70. The molecule has 1 saturated carbocycles. The first-order valence-electron chi connectivity index (χ1n) is 3.22. The van der Waals surface area contributed by atoms with Crippen LogP contribution in [0.3, 0.4) is 0 Å². The van der Waals surface area contributed by atoms with Crippen molar-refractivity contribution in [3.8, 4) is 0 Å². The molecule has 1 rings (SSSR count). The molecule has 0 heterocycles. The molecule has 2 unspecified atom stereocenters. The van der Waals surface area contributed by atoms with E-state index in [2.05, 4.69) is 13.8 Å². The van der Waals surface area contributed by atoms with Crippen LogP contribution in [-0.4, -0.2) is 5.78 Å². The summed E-state index contributed by atoms with van der Waals surface area (Å²) in [5.74, 6) is 1.73. The molecule has 0 radical (unpaired) electrons. The van der Waals surface area contributed by atoms with Gasteiger partial charge in [0.2, 0.25) is 0 Å². The summed E-state index contributed by atoms with van der Waals surface area (Å²) < 4.78 is 0. The molecule has 0 aromatic carbocycles. The van der Waals surface area contributed by atoms with Crippen molar-refractivity contribution >= 4 is 5.78 Å². The van der Waals surface area contributed by atoms with E-state index < -0.39 is 0 Å². The van der Waals surface area contributed by atoms with Crippen LogP contribution >= 0.6 is 0 Å². The Labute approximate surface area is 50.1 Å². The highest BCUT2D eigenvalue weighted by Gasteiger charge is 2.25. The van der Waals surface area contributed by atoms with Crippen molar-refractivity contribution in [2.45, 2.75) is 26.7 Å². The summed E-state index contributed by atoms with van der Waals surface area (Å²) in [7, 11) is 0. The molecule has 8 heavy (non-hydrogen) atoms. The van der Waals surface area contributed by atoms with Gasteiger partial charge in [-0.05, 0) is 11.8 Å². The average Bonchev–Trinajstić information content (AvgIpc) is 1.85. The fourth-order valence-electron chi connectivity index (χ4n) is 1.20. The Balaban J connectivity index is 2.51. The molecule has 1 nitrogen and oxygen atoms in total. The maximum absolute atomic E-state index is 10.7. The molecule has 0 N–H and O–H groups in total. The molecule has 0 aromatic heterocycles. The van der Waals surface area contributed by atoms with Crippen LogP contribution in [0.1, 0.15) is 26.7 Å². The summed E-state index contributed by atoms with van der Waals surface area (Å²) in [5.41, 5.74) is 0. The molecule has 0 aliphatic heterocycles. The second kappa shape index (κ2) is 1.88. The van der Waals surface area contributed by atoms with E-state index in [1.54, 1.807) is 0 Å². The smallest absolute Gasteiger partial charge is 0.133 e. The summed E-state index contributed by atoms with van der Waals surface area (Å²) in [4.78, 5) is 10.7. The normalized spacial score (nSPS) is 38.5. The lowest BCUT2D eigenvalue weighted by molar-refractivity contribution is -0.117. The zero-order valence-electron chi connectivity index (χ0n) is 5.48. The second-order valence-corrected chi connectivity index (χ2v) is 2.90. The quantitative estimate of drug-likeness (QED) is 0.465. The Kier molecular flexibility index (Phi) is 1.37. The van der Waals surface area contributed by atoms with Gasteiger partial charge in [0.1, 0.15) is 5.78 Å². The number of carbonyl (C=O) groups excluding carboxylic acids is 1. The predicted octanol–water partition coefficient (Wildman–Crippen LogP) is 1.62. The summed E-state index contributed by atoms with van der Waals surface area (Å²) in [5, 5.41) is 0. The lowest BCUT2D eigenvalue weighted by Crippen LogP contribution is -1.95. The Bertz CT molecular complexity index is 95.0. The van der Waals surface area contributed by atoms with Crippen molar-refractivity contribution in [3.63, 3.8) is 0 Å². The Morgan fingerprint density at radius 1 is 1.25 bits per heavy atom. The maximum Gasteiger partial charge on any atom is 0.133 e. The van der Waals surface area contributed by atoms with E-state index in [0.29, 0.717) is 17.6 Å². The minimum absolute atomic E-state index is 0.449. The van der Waals surface area contributed by atoms with Gasteiger partial charge < -0.3 is 0 Å². The minimum atomic E-state index is 0.449. The lowest BCUT2D eigenvalue weighted by Gasteiger charge is -2.03. The van der Waals surface area contributed by atoms with Crippen LogP contribution in [-0.2, 0) is 4.79 Å². The largest absolute Gasteiger partial charge is 0.300 e. The van der Waals surface area contributed by atoms with E-state index in [-0.39, 0.29) is 0 Å². The first kappa shape index (κ1) is 5.80. The maximum atomic E-state index is 10.7. The SMILES string of the molecule is CC1CC(=O)CC1C. The van der Waals surface area contributed by atoms with Crippen molar-refractivity contribution in [1.82, 2.24) is 0 Å². The fourth-order valence-corrected chi connectivity index (χ4v) is 1.20. The zero-order chi connectivity index (χ0) is 6.15. The van der Waals surface area contributed by atoms with Crippen LogP contribution in [0.5, 0.6) is 0 Å². The molecule has 0 saturated heterocycles. The number of hydrogen-bond acceptors (Lipinski definition) is 1. The van der Waals surface area contributed by atoms with Crippen molar-refractivity contribution < 1.29 is 4.79 Å². The standard InChI is InChI=1S/C7H12O/c1-5-3-7(8)4-6(5)2/h5-6H,3-4H2,1-2H3. The highest BCUT2D eigenvalue weighted by molar-refractivity contribution is 5.80. The Morgan fingerprint density at radius 2 is 1.62 bits per heavy atom. The summed E-state index contributed by atoms with van der Waals surface area (Å²) in [6.07, 6.45) is 1.64. The van der Waals surface area contributed by atoms with Gasteiger partial charge in [0.25, 0.3) is 0 Å². The lowest BCUT2D eigenvalue weighted by atomic mass is 10.0. The molecule has 0 spiro atoms. The van der Waals surface area contributed by atoms with Gasteiger partial charge in [-0.3, -0.25) is 4.79 Å². The molecular weight excluding hydrogens is 100 g/mol. The monoisotopic (exact) mass is 112 g/mol. The third kappa shape index (κ3) is 0.908. The summed E-state index contributed by atoms with van der Waals surface area (Å²) >= 11 is 0. The van der Waals surface area contributed by atoms with Crippen LogP contribution in [0.4, 0.5) is 0 Å². The molecule has 1 aliphatic rings. The van der Waals surface area contributed by atoms with Crippen LogP contribution in [0, 0.1) is 11.8 Å². The predicted molar refractivity (Wildman–Crippen MR) is 32.6 cm³/mol. The van der Waals surface area contributed by atoms with E-state index >= 15 is 0 Å². The van der Waals surface area contributed by atoms with Gasteiger partial charge in [-0.25, -0.2) is 0 Å². The van der Waals surface area contributed by atoms with Gasteiger partial charge in [0.15, 0.2) is 0 Å². The number of carbonyl (C=O) groups is 1. The van der Waals surface area contributed by atoms with Crippen molar-refractivity contribution in [2.75, 3.05) is 0 Å². The molecular formula is C7H12O. The van der Waals surface area contributed by atoms with Gasteiger partial charge >= 0.3 is 0 Å². The Morgan fingerprint density at radius 3 is 1.75 bits per heavy atom. The van der Waals surface area contributed by atoms with Crippen LogP contribution in [0.2, 0.25) is 0 Å². The fraction of sp³-hybridized carbons (Fsp3) is 0.857. The van der Waals surface area contributed by atoms with E-state index in [1.807, 2.05) is 0 Å². The second-order valence-electron chi connectivity index (χ2n) is 2.90. The topological polar surface area (TPSA) is 17.1 Å². The molecule has 1 fully saturated rings. The highest BCUT2D eigenvalue weighted by atomic mass is 16.1. The third-order valence-corrected chi connectivity index (χ3v) is 2.07. The zero-order valence-corrected chi connectivity index (χ0v) is 5.48.